The van der Waals surface area contributed by atoms with Crippen LogP contribution in [0.3, 0.4) is 0 Å². The van der Waals surface area contributed by atoms with E-state index in [0.29, 0.717) is 4.83 Å². The molecule has 1 aromatic heterocycles. The van der Waals surface area contributed by atoms with Gasteiger partial charge < -0.3 is 4.42 Å². The van der Waals surface area contributed by atoms with Crippen molar-refractivity contribution in [3.8, 4) is 0 Å². The van der Waals surface area contributed by atoms with Crippen molar-refractivity contribution < 1.29 is 4.42 Å². The summed E-state index contributed by atoms with van der Waals surface area (Å²) in [5.41, 5.74) is 2.31. The maximum absolute atomic E-state index is 5.85. The van der Waals surface area contributed by atoms with E-state index in [9.17, 15) is 0 Å². The summed E-state index contributed by atoms with van der Waals surface area (Å²) in [5.74, 6) is 2.04. The first kappa shape index (κ1) is 11.3. The summed E-state index contributed by atoms with van der Waals surface area (Å²) in [6.07, 6.45) is 5.02. The van der Waals surface area contributed by atoms with Crippen molar-refractivity contribution in [2.24, 2.45) is 5.92 Å². The Balaban J connectivity index is 1.72. The van der Waals surface area contributed by atoms with Gasteiger partial charge in [-0.2, -0.15) is 0 Å². The molecule has 1 atom stereocenters. The summed E-state index contributed by atoms with van der Waals surface area (Å²) in [5, 5.41) is 1.23. The van der Waals surface area contributed by atoms with E-state index in [1.54, 1.807) is 0 Å². The van der Waals surface area contributed by atoms with Gasteiger partial charge in [-0.1, -0.05) is 27.6 Å². The van der Waals surface area contributed by atoms with Crippen LogP contribution in [0.5, 0.6) is 0 Å². The molecule has 1 aliphatic carbocycles. The van der Waals surface area contributed by atoms with Crippen molar-refractivity contribution in [3.63, 3.8) is 0 Å². The van der Waals surface area contributed by atoms with Gasteiger partial charge in [0.05, 0.1) is 0 Å². The van der Waals surface area contributed by atoms with Crippen LogP contribution in [-0.4, -0.2) is 4.83 Å². The Kier molecular flexibility index (Phi) is 2.99. The van der Waals surface area contributed by atoms with Crippen LogP contribution in [-0.2, 0) is 6.42 Å². The summed E-state index contributed by atoms with van der Waals surface area (Å²) in [6.45, 7) is 2.12. The molecule has 0 N–H and O–H groups in total. The third-order valence-corrected chi connectivity index (χ3v) is 4.73. The van der Waals surface area contributed by atoms with Crippen molar-refractivity contribution in [2.75, 3.05) is 0 Å². The van der Waals surface area contributed by atoms with Crippen LogP contribution < -0.4 is 0 Å². The molecule has 2 heteroatoms. The van der Waals surface area contributed by atoms with Crippen LogP contribution in [0, 0.1) is 12.8 Å². The molecule has 0 spiro atoms. The number of furan rings is 1. The van der Waals surface area contributed by atoms with Gasteiger partial charge in [0.1, 0.15) is 11.3 Å². The SMILES string of the molecule is Cc1ccc2oc(CCC(Br)C3CC3)cc2c1. The molecule has 1 fully saturated rings. The topological polar surface area (TPSA) is 13.1 Å². The van der Waals surface area contributed by atoms with Gasteiger partial charge in [0.15, 0.2) is 0 Å². The predicted octanol–water partition coefficient (Wildman–Crippen LogP) is 4.85. The molecular weight excluding hydrogens is 276 g/mol. The van der Waals surface area contributed by atoms with Crippen LogP contribution >= 0.6 is 15.9 Å². The fourth-order valence-corrected chi connectivity index (χ4v) is 3.07. The second kappa shape index (κ2) is 4.49. The number of hydrogen-bond donors (Lipinski definition) is 0. The molecule has 0 bridgehead atoms. The summed E-state index contributed by atoms with van der Waals surface area (Å²) in [4.78, 5) is 0.678. The summed E-state index contributed by atoms with van der Waals surface area (Å²) in [6, 6.07) is 8.55. The molecule has 0 saturated heterocycles. The molecule has 1 nitrogen and oxygen atoms in total. The summed E-state index contributed by atoms with van der Waals surface area (Å²) < 4.78 is 5.85. The molecule has 1 heterocycles. The minimum atomic E-state index is 0.678. The highest BCUT2D eigenvalue weighted by atomic mass is 79.9. The zero-order valence-electron chi connectivity index (χ0n) is 10.1. The van der Waals surface area contributed by atoms with Gasteiger partial charge in [-0.05, 0) is 50.3 Å². The number of halogens is 1. The third kappa shape index (κ3) is 2.57. The second-order valence-electron chi connectivity index (χ2n) is 5.15. The van der Waals surface area contributed by atoms with E-state index in [-0.39, 0.29) is 0 Å². The molecule has 0 radical (unpaired) electrons. The third-order valence-electron chi connectivity index (χ3n) is 3.52. The van der Waals surface area contributed by atoms with Crippen molar-refractivity contribution in [3.05, 3.63) is 35.6 Å². The zero-order chi connectivity index (χ0) is 11.8. The molecule has 1 unspecified atom stereocenters. The monoisotopic (exact) mass is 292 g/mol. The molecule has 1 aliphatic rings. The standard InChI is InChI=1S/C15H17BrO/c1-10-2-7-15-12(8-10)9-13(17-15)5-6-14(16)11-3-4-11/h2,7-9,11,14H,3-6H2,1H3. The average Bonchev–Trinajstić information content (AvgIpc) is 3.07. The highest BCUT2D eigenvalue weighted by Gasteiger charge is 2.28. The highest BCUT2D eigenvalue weighted by Crippen LogP contribution is 2.38. The lowest BCUT2D eigenvalue weighted by Crippen LogP contribution is -2.01. The highest BCUT2D eigenvalue weighted by molar-refractivity contribution is 9.09. The normalized spacial score (nSPS) is 17.5. The number of fused-ring (bicyclic) bond motifs is 1. The zero-order valence-corrected chi connectivity index (χ0v) is 11.7. The molecule has 1 saturated carbocycles. The smallest absolute Gasteiger partial charge is 0.134 e. The minimum absolute atomic E-state index is 0.678. The van der Waals surface area contributed by atoms with Crippen LogP contribution in [0.1, 0.15) is 30.6 Å². The minimum Gasteiger partial charge on any atom is -0.461 e. The lowest BCUT2D eigenvalue weighted by Gasteiger charge is -2.05. The fraction of sp³-hybridized carbons (Fsp3) is 0.467. The van der Waals surface area contributed by atoms with E-state index in [4.69, 9.17) is 4.42 Å². The predicted molar refractivity (Wildman–Crippen MR) is 74.7 cm³/mol. The van der Waals surface area contributed by atoms with Crippen molar-refractivity contribution >= 4 is 26.9 Å². The molecule has 0 amide bonds. The van der Waals surface area contributed by atoms with Crippen LogP contribution in [0.15, 0.2) is 28.7 Å². The van der Waals surface area contributed by atoms with E-state index >= 15 is 0 Å². The summed E-state index contributed by atoms with van der Waals surface area (Å²) >= 11 is 3.78. The van der Waals surface area contributed by atoms with Gasteiger partial charge in [-0.3, -0.25) is 0 Å². The number of benzene rings is 1. The average molecular weight is 293 g/mol. The molecule has 1 aromatic carbocycles. The fourth-order valence-electron chi connectivity index (χ4n) is 2.31. The van der Waals surface area contributed by atoms with E-state index in [0.717, 1.165) is 23.7 Å². The largest absolute Gasteiger partial charge is 0.461 e. The Morgan fingerprint density at radius 2 is 2.18 bits per heavy atom. The van der Waals surface area contributed by atoms with E-state index in [1.807, 2.05) is 0 Å². The summed E-state index contributed by atoms with van der Waals surface area (Å²) in [7, 11) is 0. The lowest BCUT2D eigenvalue weighted by atomic mass is 10.1. The Hall–Kier alpha value is -0.760. The maximum atomic E-state index is 5.85. The van der Waals surface area contributed by atoms with E-state index in [1.165, 1.54) is 30.2 Å². The Labute approximate surface area is 110 Å². The number of rotatable bonds is 4. The van der Waals surface area contributed by atoms with E-state index in [2.05, 4.69) is 47.1 Å². The first-order valence-corrected chi connectivity index (χ1v) is 7.27. The molecular formula is C15H17BrO. The second-order valence-corrected chi connectivity index (χ2v) is 6.32. The van der Waals surface area contributed by atoms with Gasteiger partial charge in [-0.15, -0.1) is 0 Å². The quantitative estimate of drug-likeness (QED) is 0.735. The van der Waals surface area contributed by atoms with Gasteiger partial charge >= 0.3 is 0 Å². The first-order valence-electron chi connectivity index (χ1n) is 6.35. The molecule has 17 heavy (non-hydrogen) atoms. The van der Waals surface area contributed by atoms with E-state index < -0.39 is 0 Å². The van der Waals surface area contributed by atoms with Crippen LogP contribution in [0.25, 0.3) is 11.0 Å². The van der Waals surface area contributed by atoms with Gasteiger partial charge in [0, 0.05) is 16.6 Å². The van der Waals surface area contributed by atoms with Gasteiger partial charge in [-0.25, -0.2) is 0 Å². The lowest BCUT2D eigenvalue weighted by molar-refractivity contribution is 0.530. The number of alkyl halides is 1. The molecule has 2 aromatic rings. The molecule has 90 valence electrons. The Bertz CT molecular complexity index is 525. The van der Waals surface area contributed by atoms with Gasteiger partial charge in [0.2, 0.25) is 0 Å². The van der Waals surface area contributed by atoms with Crippen LogP contribution in [0.2, 0.25) is 0 Å². The Morgan fingerprint density at radius 3 is 2.94 bits per heavy atom. The van der Waals surface area contributed by atoms with Crippen molar-refractivity contribution in [1.29, 1.82) is 0 Å². The van der Waals surface area contributed by atoms with Crippen molar-refractivity contribution in [1.82, 2.24) is 0 Å². The molecule has 0 aliphatic heterocycles. The van der Waals surface area contributed by atoms with Crippen LogP contribution in [0.4, 0.5) is 0 Å². The number of hydrogen-bond acceptors (Lipinski definition) is 1. The van der Waals surface area contributed by atoms with Crippen molar-refractivity contribution in [2.45, 2.75) is 37.4 Å². The Morgan fingerprint density at radius 1 is 1.35 bits per heavy atom. The first-order chi connectivity index (χ1) is 8.22. The number of aryl methyl sites for hydroxylation is 2. The maximum Gasteiger partial charge on any atom is 0.134 e. The molecule has 3 rings (SSSR count). The van der Waals surface area contributed by atoms with Gasteiger partial charge in [0.25, 0.3) is 0 Å².